The Morgan fingerprint density at radius 2 is 2.06 bits per heavy atom. The van der Waals surface area contributed by atoms with Gasteiger partial charge >= 0.3 is 0 Å². The van der Waals surface area contributed by atoms with Crippen molar-refractivity contribution in [2.45, 2.75) is 26.0 Å². The number of carbonyl (C=O) groups excluding carboxylic acids is 1. The number of benzene rings is 1. The maximum absolute atomic E-state index is 13.1. The molecule has 0 aliphatic rings. The summed E-state index contributed by atoms with van der Waals surface area (Å²) < 4.78 is 4.06. The summed E-state index contributed by atoms with van der Waals surface area (Å²) in [5.74, 6) is -0.157. The second kappa shape index (κ2) is 6.94. The van der Waals surface area contributed by atoms with Crippen molar-refractivity contribution in [1.29, 1.82) is 0 Å². The van der Waals surface area contributed by atoms with Gasteiger partial charge in [0.25, 0.3) is 5.56 Å². The molecule has 0 aliphatic heterocycles. The summed E-state index contributed by atoms with van der Waals surface area (Å²) in [7, 11) is 0. The molecule has 0 saturated heterocycles. The summed E-state index contributed by atoms with van der Waals surface area (Å²) in [6.07, 6.45) is 1.82. The van der Waals surface area contributed by atoms with Crippen molar-refractivity contribution in [3.05, 3.63) is 63.1 Å². The molecule has 1 aromatic carbocycles. The molecule has 5 rings (SSSR count). The Bertz CT molecular complexity index is 1540. The number of amides is 1. The van der Waals surface area contributed by atoms with E-state index in [0.29, 0.717) is 21.1 Å². The highest BCUT2D eigenvalue weighted by Crippen LogP contribution is 2.33. The predicted molar refractivity (Wildman–Crippen MR) is 122 cm³/mol. The number of fused-ring (bicyclic) bond motifs is 4. The summed E-state index contributed by atoms with van der Waals surface area (Å²) in [6.45, 7) is 2.87. The van der Waals surface area contributed by atoms with Crippen LogP contribution in [0.1, 0.15) is 19.7 Å². The number of carbonyl (C=O) groups is 1. The van der Waals surface area contributed by atoms with Crippen LogP contribution in [-0.4, -0.2) is 30.2 Å². The number of rotatable bonds is 4. The Morgan fingerprint density at radius 1 is 1.26 bits per heavy atom. The summed E-state index contributed by atoms with van der Waals surface area (Å²) >= 11 is 7.46. The Balaban J connectivity index is 1.55. The fourth-order valence-electron chi connectivity index (χ4n) is 3.65. The number of aliphatic hydroxyl groups is 1. The van der Waals surface area contributed by atoms with Gasteiger partial charge in [0.15, 0.2) is 5.82 Å². The third-order valence-corrected chi connectivity index (χ3v) is 6.22. The number of nitrogens with zero attached hydrogens (tertiary/aromatic N) is 3. The summed E-state index contributed by atoms with van der Waals surface area (Å²) in [5, 5.41) is 18.9. The molecule has 3 N–H and O–H groups in total. The van der Waals surface area contributed by atoms with Gasteiger partial charge in [0.05, 0.1) is 14.6 Å². The SMILES string of the molecule is CC(C)(O)c1nn(CC(=O)Nc2ccc3cc[nH]c3c2)c(=O)c2cc3sc(Cl)cc3n12. The molecule has 0 spiro atoms. The van der Waals surface area contributed by atoms with Crippen LogP contribution in [0.3, 0.4) is 0 Å². The van der Waals surface area contributed by atoms with Crippen LogP contribution in [0.4, 0.5) is 5.69 Å². The Labute approximate surface area is 184 Å². The summed E-state index contributed by atoms with van der Waals surface area (Å²) in [5.41, 5.74) is 0.736. The fourth-order valence-corrected chi connectivity index (χ4v) is 4.81. The zero-order valence-corrected chi connectivity index (χ0v) is 18.2. The first-order valence-corrected chi connectivity index (χ1v) is 10.7. The molecular formula is C21H18ClN5O3S. The smallest absolute Gasteiger partial charge is 0.291 e. The number of aromatic nitrogens is 4. The van der Waals surface area contributed by atoms with Crippen LogP contribution in [-0.2, 0) is 16.9 Å². The van der Waals surface area contributed by atoms with E-state index in [1.165, 1.54) is 11.3 Å². The average Bonchev–Trinajstić information content (AvgIpc) is 3.37. The zero-order chi connectivity index (χ0) is 21.9. The standard InChI is InChI=1S/C21H18ClN5O3S/c1-21(2,30)20-25-26(19(29)15-8-16-14(27(15)20)9-17(22)31-16)10-18(28)24-12-4-3-11-5-6-23-13(11)7-12/h3-9,23,30H,10H2,1-2H3,(H,24,28). The number of thiophene rings is 1. The highest BCUT2D eigenvalue weighted by molar-refractivity contribution is 7.22. The fraction of sp³-hybridized carbons (Fsp3) is 0.190. The predicted octanol–water partition coefficient (Wildman–Crippen LogP) is 3.71. The Morgan fingerprint density at radius 3 is 2.84 bits per heavy atom. The van der Waals surface area contributed by atoms with Crippen LogP contribution in [0.15, 0.2) is 47.4 Å². The highest BCUT2D eigenvalue weighted by Gasteiger charge is 2.27. The third kappa shape index (κ3) is 3.40. The van der Waals surface area contributed by atoms with Crippen LogP contribution in [0, 0.1) is 0 Å². The number of nitrogens with one attached hydrogen (secondary N) is 2. The Hall–Kier alpha value is -3.14. The molecular weight excluding hydrogens is 438 g/mol. The summed E-state index contributed by atoms with van der Waals surface area (Å²) in [4.78, 5) is 28.8. The lowest BCUT2D eigenvalue weighted by atomic mass is 10.1. The van der Waals surface area contributed by atoms with Gasteiger partial charge in [-0.25, -0.2) is 4.68 Å². The van der Waals surface area contributed by atoms with Gasteiger partial charge < -0.3 is 15.4 Å². The van der Waals surface area contributed by atoms with Crippen LogP contribution < -0.4 is 10.9 Å². The topological polar surface area (TPSA) is 104 Å². The van der Waals surface area contributed by atoms with Crippen molar-refractivity contribution in [1.82, 2.24) is 19.2 Å². The molecule has 0 saturated carbocycles. The molecule has 0 unspecified atom stereocenters. The number of hydrogen-bond acceptors (Lipinski definition) is 5. The first-order chi connectivity index (χ1) is 14.7. The molecule has 4 aromatic heterocycles. The largest absolute Gasteiger partial charge is 0.382 e. The molecule has 5 aromatic rings. The first kappa shape index (κ1) is 19.8. The molecule has 0 fully saturated rings. The lowest BCUT2D eigenvalue weighted by Crippen LogP contribution is -2.35. The van der Waals surface area contributed by atoms with E-state index in [4.69, 9.17) is 11.6 Å². The molecule has 1 amide bonds. The van der Waals surface area contributed by atoms with E-state index in [1.54, 1.807) is 36.4 Å². The van der Waals surface area contributed by atoms with Crippen LogP contribution in [0.5, 0.6) is 0 Å². The quantitative estimate of drug-likeness (QED) is 0.384. The minimum absolute atomic E-state index is 0.243. The van der Waals surface area contributed by atoms with Gasteiger partial charge in [-0.15, -0.1) is 11.3 Å². The second-order valence-electron chi connectivity index (χ2n) is 7.84. The van der Waals surface area contributed by atoms with Gasteiger partial charge in [0.1, 0.15) is 17.7 Å². The zero-order valence-electron chi connectivity index (χ0n) is 16.6. The first-order valence-electron chi connectivity index (χ1n) is 9.52. The monoisotopic (exact) mass is 455 g/mol. The minimum Gasteiger partial charge on any atom is -0.382 e. The molecule has 4 heterocycles. The van der Waals surface area contributed by atoms with Crippen molar-refractivity contribution in [3.63, 3.8) is 0 Å². The third-order valence-electron chi connectivity index (χ3n) is 5.02. The lowest BCUT2D eigenvalue weighted by Gasteiger charge is -2.20. The molecule has 8 nitrogen and oxygen atoms in total. The molecule has 0 bridgehead atoms. The average molecular weight is 456 g/mol. The molecule has 0 atom stereocenters. The van der Waals surface area contributed by atoms with Crippen molar-refractivity contribution < 1.29 is 9.90 Å². The number of anilines is 1. The van der Waals surface area contributed by atoms with Crippen molar-refractivity contribution >= 4 is 61.2 Å². The van der Waals surface area contributed by atoms with Crippen molar-refractivity contribution in [2.24, 2.45) is 0 Å². The number of H-pyrrole nitrogens is 1. The van der Waals surface area contributed by atoms with Crippen LogP contribution in [0.2, 0.25) is 4.34 Å². The van der Waals surface area contributed by atoms with Crippen molar-refractivity contribution in [2.75, 3.05) is 5.32 Å². The van der Waals surface area contributed by atoms with E-state index in [9.17, 15) is 14.7 Å². The number of halogens is 1. The van der Waals surface area contributed by atoms with Gasteiger partial charge in [-0.1, -0.05) is 17.7 Å². The van der Waals surface area contributed by atoms with E-state index >= 15 is 0 Å². The molecule has 0 aliphatic carbocycles. The Kier molecular flexibility index (Phi) is 4.44. The van der Waals surface area contributed by atoms with E-state index in [-0.39, 0.29) is 12.4 Å². The molecule has 31 heavy (non-hydrogen) atoms. The molecule has 0 radical (unpaired) electrons. The van der Waals surface area contributed by atoms with Gasteiger partial charge in [-0.05, 0) is 49.6 Å². The van der Waals surface area contributed by atoms with Gasteiger partial charge in [0.2, 0.25) is 5.91 Å². The molecule has 10 heteroatoms. The van der Waals surface area contributed by atoms with E-state index in [1.807, 2.05) is 24.4 Å². The second-order valence-corrected chi connectivity index (χ2v) is 9.55. The maximum atomic E-state index is 13.1. The normalized spacial score (nSPS) is 12.3. The van der Waals surface area contributed by atoms with Crippen molar-refractivity contribution in [3.8, 4) is 0 Å². The van der Waals surface area contributed by atoms with Gasteiger partial charge in [-0.2, -0.15) is 5.10 Å². The molecule has 158 valence electrons. The van der Waals surface area contributed by atoms with Crippen LogP contribution >= 0.6 is 22.9 Å². The minimum atomic E-state index is -1.36. The van der Waals surface area contributed by atoms with E-state index < -0.39 is 17.1 Å². The lowest BCUT2D eigenvalue weighted by molar-refractivity contribution is -0.117. The highest BCUT2D eigenvalue weighted by atomic mass is 35.5. The summed E-state index contributed by atoms with van der Waals surface area (Å²) in [6, 6.07) is 10.9. The van der Waals surface area contributed by atoms with Crippen LogP contribution in [0.25, 0.3) is 26.6 Å². The number of aromatic amines is 1. The number of hydrogen-bond donors (Lipinski definition) is 3. The van der Waals surface area contributed by atoms with E-state index in [2.05, 4.69) is 15.4 Å². The van der Waals surface area contributed by atoms with Gasteiger partial charge in [-0.3, -0.25) is 14.0 Å². The maximum Gasteiger partial charge on any atom is 0.291 e. The van der Waals surface area contributed by atoms with E-state index in [0.717, 1.165) is 20.3 Å². The van der Waals surface area contributed by atoms with Gasteiger partial charge in [0, 0.05) is 17.4 Å².